The molecule has 0 aromatic carbocycles. The minimum absolute atomic E-state index is 0. The molecule has 0 amide bonds. The first-order valence-electron chi connectivity index (χ1n) is 2.89. The van der Waals surface area contributed by atoms with Crippen molar-refractivity contribution in [2.24, 2.45) is 5.92 Å². The van der Waals surface area contributed by atoms with E-state index in [9.17, 15) is 0 Å². The Kier molecular flexibility index (Phi) is 4.16. The summed E-state index contributed by atoms with van der Waals surface area (Å²) in [5.41, 5.74) is 0. The van der Waals surface area contributed by atoms with Gasteiger partial charge in [0.1, 0.15) is 0 Å². The Labute approximate surface area is 64.7 Å². The SMILES string of the molecule is C#CC1CCCC1.[H-].[Li+]. The van der Waals surface area contributed by atoms with Gasteiger partial charge in [-0.1, -0.05) is 12.8 Å². The van der Waals surface area contributed by atoms with E-state index < -0.39 is 0 Å². The quantitative estimate of drug-likeness (QED) is 0.270. The van der Waals surface area contributed by atoms with E-state index in [0.717, 1.165) is 0 Å². The second-order valence-electron chi connectivity index (χ2n) is 2.15. The Morgan fingerprint density at radius 3 is 2.12 bits per heavy atom. The van der Waals surface area contributed by atoms with E-state index in [1.54, 1.807) is 0 Å². The maximum absolute atomic E-state index is 5.18. The van der Waals surface area contributed by atoms with Crippen LogP contribution in [0.1, 0.15) is 27.1 Å². The van der Waals surface area contributed by atoms with Crippen molar-refractivity contribution in [2.75, 3.05) is 0 Å². The van der Waals surface area contributed by atoms with E-state index >= 15 is 0 Å². The van der Waals surface area contributed by atoms with Crippen molar-refractivity contribution in [3.63, 3.8) is 0 Å². The van der Waals surface area contributed by atoms with Gasteiger partial charge in [0.25, 0.3) is 0 Å². The molecule has 0 radical (unpaired) electrons. The van der Waals surface area contributed by atoms with Crippen LogP contribution in [0.3, 0.4) is 0 Å². The normalized spacial score (nSPS) is 19.4. The molecule has 0 unspecified atom stereocenters. The maximum Gasteiger partial charge on any atom is 1.00 e. The van der Waals surface area contributed by atoms with Crippen LogP contribution in [0.2, 0.25) is 0 Å². The van der Waals surface area contributed by atoms with Crippen LogP contribution in [0.4, 0.5) is 0 Å². The molecule has 1 fully saturated rings. The summed E-state index contributed by atoms with van der Waals surface area (Å²) in [4.78, 5) is 0. The second-order valence-corrected chi connectivity index (χ2v) is 2.15. The first-order valence-corrected chi connectivity index (χ1v) is 2.89. The molecule has 0 bridgehead atoms. The molecular weight excluding hydrogens is 91.0 g/mol. The van der Waals surface area contributed by atoms with Crippen molar-refractivity contribution < 1.29 is 20.3 Å². The third-order valence-corrected chi connectivity index (χ3v) is 1.59. The summed E-state index contributed by atoms with van der Waals surface area (Å²) >= 11 is 0. The number of rotatable bonds is 0. The second kappa shape index (κ2) is 4.08. The monoisotopic (exact) mass is 102 g/mol. The fraction of sp³-hybridized carbons (Fsp3) is 0.714. The molecule has 0 atom stereocenters. The van der Waals surface area contributed by atoms with Gasteiger partial charge in [0.15, 0.2) is 0 Å². The average Bonchev–Trinajstić information content (AvgIpc) is 2.14. The molecule has 1 heteroatoms. The topological polar surface area (TPSA) is 0 Å². The van der Waals surface area contributed by atoms with Gasteiger partial charge in [-0.3, -0.25) is 0 Å². The number of terminal acetylenes is 1. The Hall–Kier alpha value is 0.157. The van der Waals surface area contributed by atoms with Crippen molar-refractivity contribution >= 4 is 0 Å². The molecule has 1 saturated carbocycles. The zero-order chi connectivity index (χ0) is 5.11. The van der Waals surface area contributed by atoms with Crippen LogP contribution < -0.4 is 18.9 Å². The summed E-state index contributed by atoms with van der Waals surface area (Å²) in [5, 5.41) is 0. The zero-order valence-corrected chi connectivity index (χ0v) is 5.48. The van der Waals surface area contributed by atoms with Crippen molar-refractivity contribution in [3.8, 4) is 12.3 Å². The molecule has 0 spiro atoms. The fourth-order valence-corrected chi connectivity index (χ4v) is 1.09. The van der Waals surface area contributed by atoms with E-state index in [1.807, 2.05) is 0 Å². The third kappa shape index (κ3) is 1.95. The maximum atomic E-state index is 5.18. The van der Waals surface area contributed by atoms with Crippen molar-refractivity contribution in [3.05, 3.63) is 0 Å². The van der Waals surface area contributed by atoms with E-state index in [1.165, 1.54) is 25.7 Å². The van der Waals surface area contributed by atoms with E-state index in [4.69, 9.17) is 6.42 Å². The zero-order valence-electron chi connectivity index (χ0n) is 6.48. The van der Waals surface area contributed by atoms with Crippen molar-refractivity contribution in [1.29, 1.82) is 0 Å². The number of hydrogen-bond donors (Lipinski definition) is 0. The molecule has 8 heavy (non-hydrogen) atoms. The van der Waals surface area contributed by atoms with Crippen LogP contribution in [0.25, 0.3) is 0 Å². The molecule has 40 valence electrons. The Bertz CT molecular complexity index is 89.6. The van der Waals surface area contributed by atoms with Gasteiger partial charge in [0.05, 0.1) is 0 Å². The van der Waals surface area contributed by atoms with Gasteiger partial charge in [-0.25, -0.2) is 0 Å². The predicted octanol–water partition coefficient (Wildman–Crippen LogP) is -1.07. The molecule has 1 aliphatic rings. The van der Waals surface area contributed by atoms with Crippen molar-refractivity contribution in [2.45, 2.75) is 25.7 Å². The summed E-state index contributed by atoms with van der Waals surface area (Å²) < 4.78 is 0. The first kappa shape index (κ1) is 8.16. The molecule has 1 aliphatic carbocycles. The fourth-order valence-electron chi connectivity index (χ4n) is 1.09. The summed E-state index contributed by atoms with van der Waals surface area (Å²) in [6.45, 7) is 0. The van der Waals surface area contributed by atoms with Gasteiger partial charge >= 0.3 is 18.9 Å². The molecule has 0 saturated heterocycles. The van der Waals surface area contributed by atoms with E-state index in [-0.39, 0.29) is 20.3 Å². The van der Waals surface area contributed by atoms with Crippen LogP contribution in [-0.4, -0.2) is 0 Å². The molecule has 0 N–H and O–H groups in total. The van der Waals surface area contributed by atoms with Gasteiger partial charge in [0, 0.05) is 5.92 Å². The van der Waals surface area contributed by atoms with Crippen LogP contribution in [0, 0.1) is 18.3 Å². The van der Waals surface area contributed by atoms with Crippen LogP contribution in [-0.2, 0) is 0 Å². The summed E-state index contributed by atoms with van der Waals surface area (Å²) in [5.74, 6) is 3.39. The molecule has 0 nitrogen and oxygen atoms in total. The Balaban J connectivity index is 0. The van der Waals surface area contributed by atoms with E-state index in [0.29, 0.717) is 5.92 Å². The third-order valence-electron chi connectivity index (χ3n) is 1.59. The average molecular weight is 102 g/mol. The van der Waals surface area contributed by atoms with Gasteiger partial charge in [0.2, 0.25) is 0 Å². The van der Waals surface area contributed by atoms with Gasteiger partial charge < -0.3 is 1.43 Å². The Morgan fingerprint density at radius 1 is 1.38 bits per heavy atom. The van der Waals surface area contributed by atoms with Crippen molar-refractivity contribution in [1.82, 2.24) is 0 Å². The largest absolute Gasteiger partial charge is 1.00 e. The van der Waals surface area contributed by atoms with Crippen LogP contribution in [0.5, 0.6) is 0 Å². The van der Waals surface area contributed by atoms with Gasteiger partial charge in [-0.15, -0.1) is 12.3 Å². The number of hydrogen-bond acceptors (Lipinski definition) is 0. The van der Waals surface area contributed by atoms with Crippen LogP contribution >= 0.6 is 0 Å². The standard InChI is InChI=1S/C7H10.Li.H/c1-2-7-5-3-4-6-7;;/h1,7H,3-6H2;;/q;+1;-1. The predicted molar refractivity (Wildman–Crippen MR) is 31.9 cm³/mol. The van der Waals surface area contributed by atoms with E-state index in [2.05, 4.69) is 5.92 Å². The molecule has 0 aromatic rings. The summed E-state index contributed by atoms with van der Waals surface area (Å²) in [7, 11) is 0. The van der Waals surface area contributed by atoms with Gasteiger partial charge in [-0.05, 0) is 12.8 Å². The summed E-state index contributed by atoms with van der Waals surface area (Å²) in [6, 6.07) is 0. The molecular formula is C7H11Li. The molecule has 1 rings (SSSR count). The molecule has 0 aliphatic heterocycles. The van der Waals surface area contributed by atoms with Crippen LogP contribution in [0.15, 0.2) is 0 Å². The smallest absolute Gasteiger partial charge is 1.00 e. The minimum atomic E-state index is 0. The molecule has 0 heterocycles. The summed E-state index contributed by atoms with van der Waals surface area (Å²) in [6.07, 6.45) is 10.4. The minimum Gasteiger partial charge on any atom is -1.00 e. The molecule has 0 aromatic heterocycles. The first-order chi connectivity index (χ1) is 3.43. The van der Waals surface area contributed by atoms with Gasteiger partial charge in [-0.2, -0.15) is 0 Å². The Morgan fingerprint density at radius 2 is 1.88 bits per heavy atom.